The molecule has 3 aromatic rings. The number of hydrogen-bond acceptors (Lipinski definition) is 5. The standard InChI is InChI=1S/C26H26N2O6/c29-24(30)10-9-23(25(31)27-13-11-17-12-14-33-15-17)28-26(32)34-16-22-20-7-3-1-5-18(20)19-6-2-4-8-21(19)22/h1-8,12,14-15,22-23H,9-11,13,16H2,(H,27,31)(H,28,32)(H,29,30). The van der Waals surface area contributed by atoms with Crippen LogP contribution in [0.4, 0.5) is 4.79 Å². The number of aliphatic carboxylic acids is 1. The van der Waals surface area contributed by atoms with Crippen molar-refractivity contribution in [3.63, 3.8) is 0 Å². The Labute approximate surface area is 196 Å². The van der Waals surface area contributed by atoms with Crippen LogP contribution in [0.1, 0.15) is 35.4 Å². The summed E-state index contributed by atoms with van der Waals surface area (Å²) >= 11 is 0. The van der Waals surface area contributed by atoms with Crippen LogP contribution in [-0.4, -0.2) is 42.3 Å². The van der Waals surface area contributed by atoms with Crippen LogP contribution < -0.4 is 10.6 Å². The number of ether oxygens (including phenoxy) is 1. The minimum absolute atomic E-state index is 0.0446. The first-order chi connectivity index (χ1) is 16.5. The molecule has 1 atom stereocenters. The maximum absolute atomic E-state index is 12.6. The first kappa shape index (κ1) is 23.1. The molecule has 2 amide bonds. The van der Waals surface area contributed by atoms with Crippen molar-refractivity contribution in [1.29, 1.82) is 0 Å². The average molecular weight is 463 g/mol. The molecule has 1 aliphatic rings. The summed E-state index contributed by atoms with van der Waals surface area (Å²) < 4.78 is 10.5. The van der Waals surface area contributed by atoms with E-state index < -0.39 is 24.0 Å². The molecule has 0 bridgehead atoms. The molecule has 1 aliphatic carbocycles. The molecule has 3 N–H and O–H groups in total. The molecule has 1 aromatic heterocycles. The summed E-state index contributed by atoms with van der Waals surface area (Å²) in [5, 5.41) is 14.3. The van der Waals surface area contributed by atoms with Gasteiger partial charge in [0.15, 0.2) is 0 Å². The van der Waals surface area contributed by atoms with Gasteiger partial charge in [0.1, 0.15) is 12.6 Å². The number of benzene rings is 2. The number of furan rings is 1. The summed E-state index contributed by atoms with van der Waals surface area (Å²) in [6, 6.07) is 16.8. The summed E-state index contributed by atoms with van der Waals surface area (Å²) in [7, 11) is 0. The average Bonchev–Trinajstić information content (AvgIpc) is 3.46. The van der Waals surface area contributed by atoms with Crippen LogP contribution in [0.5, 0.6) is 0 Å². The normalized spacial score (nSPS) is 12.9. The van der Waals surface area contributed by atoms with E-state index in [1.165, 1.54) is 0 Å². The van der Waals surface area contributed by atoms with Crippen LogP contribution in [0.2, 0.25) is 0 Å². The molecule has 4 rings (SSSR count). The van der Waals surface area contributed by atoms with Crippen molar-refractivity contribution < 1.29 is 28.6 Å². The number of rotatable bonds is 10. The van der Waals surface area contributed by atoms with Gasteiger partial charge >= 0.3 is 12.1 Å². The van der Waals surface area contributed by atoms with E-state index >= 15 is 0 Å². The molecule has 2 aromatic carbocycles. The number of alkyl carbamates (subject to hydrolysis) is 1. The van der Waals surface area contributed by atoms with Gasteiger partial charge in [-0.15, -0.1) is 0 Å². The van der Waals surface area contributed by atoms with E-state index in [-0.39, 0.29) is 25.4 Å². The van der Waals surface area contributed by atoms with Gasteiger partial charge in [-0.3, -0.25) is 9.59 Å². The molecule has 0 fully saturated rings. The number of carbonyl (C=O) groups is 3. The van der Waals surface area contributed by atoms with Crippen LogP contribution in [0.15, 0.2) is 71.5 Å². The molecule has 8 nitrogen and oxygen atoms in total. The van der Waals surface area contributed by atoms with Gasteiger partial charge < -0.3 is 24.9 Å². The van der Waals surface area contributed by atoms with E-state index in [2.05, 4.69) is 10.6 Å². The SMILES string of the molecule is O=C(O)CCC(NC(=O)OCC1c2ccccc2-c2ccccc21)C(=O)NCCc1ccoc1. The third kappa shape index (κ3) is 5.46. The zero-order valence-corrected chi connectivity index (χ0v) is 18.5. The van der Waals surface area contributed by atoms with Crippen molar-refractivity contribution in [1.82, 2.24) is 10.6 Å². The zero-order chi connectivity index (χ0) is 23.9. The van der Waals surface area contributed by atoms with Crippen molar-refractivity contribution in [2.75, 3.05) is 13.2 Å². The number of carboxylic acids is 1. The van der Waals surface area contributed by atoms with Crippen LogP contribution in [0.3, 0.4) is 0 Å². The Morgan fingerprint density at radius 1 is 1.00 bits per heavy atom. The van der Waals surface area contributed by atoms with E-state index in [1.807, 2.05) is 48.5 Å². The maximum atomic E-state index is 12.6. The second-order valence-corrected chi connectivity index (χ2v) is 8.13. The largest absolute Gasteiger partial charge is 0.481 e. The zero-order valence-electron chi connectivity index (χ0n) is 18.5. The highest BCUT2D eigenvalue weighted by Crippen LogP contribution is 2.44. The Kier molecular flexibility index (Phi) is 7.27. The monoisotopic (exact) mass is 462 g/mol. The second kappa shape index (κ2) is 10.7. The van der Waals surface area contributed by atoms with Crippen molar-refractivity contribution >= 4 is 18.0 Å². The number of carboxylic acid groups (broad SMARTS) is 1. The minimum Gasteiger partial charge on any atom is -0.481 e. The molecule has 0 aliphatic heterocycles. The van der Waals surface area contributed by atoms with E-state index in [1.54, 1.807) is 18.6 Å². The van der Waals surface area contributed by atoms with Crippen molar-refractivity contribution in [2.45, 2.75) is 31.2 Å². The van der Waals surface area contributed by atoms with Gasteiger partial charge in [0.25, 0.3) is 0 Å². The smallest absolute Gasteiger partial charge is 0.407 e. The minimum atomic E-state index is -1.05. The third-order valence-corrected chi connectivity index (χ3v) is 5.89. The van der Waals surface area contributed by atoms with Gasteiger partial charge in [-0.2, -0.15) is 0 Å². The van der Waals surface area contributed by atoms with Gasteiger partial charge in [0.05, 0.1) is 12.5 Å². The number of hydrogen-bond donors (Lipinski definition) is 3. The Morgan fingerprint density at radius 3 is 2.29 bits per heavy atom. The lowest BCUT2D eigenvalue weighted by Gasteiger charge is -2.19. The van der Waals surface area contributed by atoms with Crippen molar-refractivity contribution in [3.8, 4) is 11.1 Å². The molecule has 0 saturated heterocycles. The van der Waals surface area contributed by atoms with E-state index in [0.29, 0.717) is 13.0 Å². The first-order valence-electron chi connectivity index (χ1n) is 11.1. The number of fused-ring (bicyclic) bond motifs is 3. The lowest BCUT2D eigenvalue weighted by molar-refractivity contribution is -0.137. The van der Waals surface area contributed by atoms with Crippen LogP contribution in [0, 0.1) is 0 Å². The quantitative estimate of drug-likeness (QED) is 0.423. The van der Waals surface area contributed by atoms with E-state index in [0.717, 1.165) is 27.8 Å². The molecule has 176 valence electrons. The molecular formula is C26H26N2O6. The van der Waals surface area contributed by atoms with E-state index in [9.17, 15) is 14.4 Å². The molecule has 34 heavy (non-hydrogen) atoms. The lowest BCUT2D eigenvalue weighted by atomic mass is 9.98. The maximum Gasteiger partial charge on any atom is 0.407 e. The highest BCUT2D eigenvalue weighted by molar-refractivity contribution is 5.86. The Bertz CT molecular complexity index is 1110. The number of carbonyl (C=O) groups excluding carboxylic acids is 2. The highest BCUT2D eigenvalue weighted by atomic mass is 16.5. The predicted molar refractivity (Wildman–Crippen MR) is 124 cm³/mol. The molecule has 0 radical (unpaired) electrons. The van der Waals surface area contributed by atoms with Crippen LogP contribution >= 0.6 is 0 Å². The summed E-state index contributed by atoms with van der Waals surface area (Å²) in [4.78, 5) is 36.2. The van der Waals surface area contributed by atoms with Gasteiger partial charge in [-0.25, -0.2) is 4.79 Å². The first-order valence-corrected chi connectivity index (χ1v) is 11.1. The fraction of sp³-hybridized carbons (Fsp3) is 0.269. The topological polar surface area (TPSA) is 118 Å². The van der Waals surface area contributed by atoms with Crippen LogP contribution in [-0.2, 0) is 20.7 Å². The Hall–Kier alpha value is -4.07. The van der Waals surface area contributed by atoms with Crippen LogP contribution in [0.25, 0.3) is 11.1 Å². The molecule has 8 heteroatoms. The Balaban J connectivity index is 1.36. The fourth-order valence-electron chi connectivity index (χ4n) is 4.21. The Morgan fingerprint density at radius 2 is 1.68 bits per heavy atom. The van der Waals surface area contributed by atoms with Crippen molar-refractivity contribution in [3.05, 3.63) is 83.8 Å². The molecule has 0 saturated carbocycles. The van der Waals surface area contributed by atoms with Crippen molar-refractivity contribution in [2.24, 2.45) is 0 Å². The highest BCUT2D eigenvalue weighted by Gasteiger charge is 2.30. The number of amides is 2. The summed E-state index contributed by atoms with van der Waals surface area (Å²) in [6.07, 6.45) is 2.62. The molecular weight excluding hydrogens is 436 g/mol. The number of nitrogens with one attached hydrogen (secondary N) is 2. The summed E-state index contributed by atoms with van der Waals surface area (Å²) in [5.41, 5.74) is 5.31. The molecule has 0 spiro atoms. The van der Waals surface area contributed by atoms with Gasteiger partial charge in [0, 0.05) is 18.9 Å². The van der Waals surface area contributed by atoms with Gasteiger partial charge in [-0.1, -0.05) is 48.5 Å². The summed E-state index contributed by atoms with van der Waals surface area (Å²) in [6.45, 7) is 0.432. The fourth-order valence-corrected chi connectivity index (χ4v) is 4.21. The summed E-state index contributed by atoms with van der Waals surface area (Å²) in [5.74, 6) is -1.62. The predicted octanol–water partition coefficient (Wildman–Crippen LogP) is 3.71. The van der Waals surface area contributed by atoms with Gasteiger partial charge in [-0.05, 0) is 46.7 Å². The third-order valence-electron chi connectivity index (χ3n) is 5.89. The van der Waals surface area contributed by atoms with E-state index in [4.69, 9.17) is 14.3 Å². The lowest BCUT2D eigenvalue weighted by Crippen LogP contribution is -2.47. The molecule has 1 unspecified atom stereocenters. The van der Waals surface area contributed by atoms with Gasteiger partial charge in [0.2, 0.25) is 5.91 Å². The second-order valence-electron chi connectivity index (χ2n) is 8.13. The molecule has 1 heterocycles.